The third-order valence-electron chi connectivity index (χ3n) is 8.59. The number of aryl methyl sites for hydroxylation is 1. The summed E-state index contributed by atoms with van der Waals surface area (Å²) in [6, 6.07) is 22.0. The monoisotopic (exact) mass is 637 g/mol. The van der Waals surface area contributed by atoms with Gasteiger partial charge in [-0.3, -0.25) is 14.4 Å². The molecule has 2 aliphatic rings. The predicted octanol–water partition coefficient (Wildman–Crippen LogP) is 4.38. The Balaban J connectivity index is 1.27. The number of likely N-dealkylation sites (tertiary alicyclic amines) is 1. The number of carbonyl (C=O) groups excluding carboxylic acids is 3. The van der Waals surface area contributed by atoms with Crippen molar-refractivity contribution in [2.45, 2.75) is 44.9 Å². The molecule has 47 heavy (non-hydrogen) atoms. The fourth-order valence-electron chi connectivity index (χ4n) is 6.07. The Kier molecular flexibility index (Phi) is 9.82. The first-order chi connectivity index (χ1) is 22.9. The Morgan fingerprint density at radius 2 is 1.89 bits per heavy atom. The highest BCUT2D eigenvalue weighted by Gasteiger charge is 2.35. The molecule has 4 bridgehead atoms. The molecule has 6 rings (SSSR count). The van der Waals surface area contributed by atoms with Crippen molar-refractivity contribution in [3.05, 3.63) is 102 Å². The lowest BCUT2D eigenvalue weighted by molar-refractivity contribution is -0.136. The van der Waals surface area contributed by atoms with Crippen LogP contribution in [0.15, 0.2) is 85.2 Å². The highest BCUT2D eigenvalue weighted by molar-refractivity contribution is 5.98. The predicted molar refractivity (Wildman–Crippen MR) is 175 cm³/mol. The van der Waals surface area contributed by atoms with E-state index in [0.717, 1.165) is 11.1 Å². The molecule has 0 spiro atoms. The van der Waals surface area contributed by atoms with Crippen molar-refractivity contribution in [3.8, 4) is 22.9 Å². The van der Waals surface area contributed by atoms with E-state index in [4.69, 9.17) is 14.2 Å². The maximum absolute atomic E-state index is 13.9. The van der Waals surface area contributed by atoms with Crippen LogP contribution in [0.3, 0.4) is 0 Å². The molecule has 244 valence electrons. The average molecular weight is 638 g/mol. The van der Waals surface area contributed by atoms with Gasteiger partial charge in [0.2, 0.25) is 11.8 Å². The van der Waals surface area contributed by atoms with Crippen LogP contribution in [0.2, 0.25) is 0 Å². The van der Waals surface area contributed by atoms with E-state index in [1.54, 1.807) is 40.1 Å². The Labute approximate surface area is 274 Å². The van der Waals surface area contributed by atoms with Crippen LogP contribution in [-0.2, 0) is 27.4 Å². The maximum atomic E-state index is 13.9. The van der Waals surface area contributed by atoms with Crippen LogP contribution in [0.1, 0.15) is 41.3 Å². The topological polar surface area (TPSA) is 115 Å². The van der Waals surface area contributed by atoms with Crippen molar-refractivity contribution in [2.24, 2.45) is 0 Å². The van der Waals surface area contributed by atoms with Crippen molar-refractivity contribution in [3.63, 3.8) is 0 Å². The summed E-state index contributed by atoms with van der Waals surface area (Å²) >= 11 is 0. The minimum absolute atomic E-state index is 0.0581. The van der Waals surface area contributed by atoms with Gasteiger partial charge in [0.05, 0.1) is 43.7 Å². The number of rotatable bonds is 4. The number of piperidine rings is 1. The van der Waals surface area contributed by atoms with Gasteiger partial charge >= 0.3 is 0 Å². The fraction of sp³-hybridized carbons (Fsp3) is 0.333. The molecule has 3 amide bonds. The number of likely N-dealkylation sites (N-methyl/N-ethyl adjacent to an activating group) is 1. The normalized spacial score (nSPS) is 19.1. The number of methoxy groups -OCH3 is 1. The minimum atomic E-state index is -0.500. The number of nitrogens with one attached hydrogen (secondary N) is 1. The Bertz CT molecular complexity index is 1720. The second kappa shape index (κ2) is 14.5. The molecule has 11 nitrogen and oxygen atoms in total. The molecule has 1 saturated heterocycles. The van der Waals surface area contributed by atoms with Gasteiger partial charge in [-0.15, -0.1) is 0 Å². The molecule has 4 aromatic rings. The smallest absolute Gasteiger partial charge is 0.256 e. The van der Waals surface area contributed by atoms with E-state index in [-0.39, 0.29) is 49.9 Å². The van der Waals surface area contributed by atoms with Crippen LogP contribution in [0.25, 0.3) is 5.69 Å². The molecule has 0 aliphatic carbocycles. The second-order valence-electron chi connectivity index (χ2n) is 11.7. The first-order valence-electron chi connectivity index (χ1n) is 15.9. The van der Waals surface area contributed by atoms with Gasteiger partial charge in [0.1, 0.15) is 5.75 Å². The van der Waals surface area contributed by atoms with Gasteiger partial charge in [0, 0.05) is 38.4 Å². The fourth-order valence-corrected chi connectivity index (χ4v) is 6.07. The van der Waals surface area contributed by atoms with Crippen LogP contribution in [-0.4, -0.2) is 82.7 Å². The van der Waals surface area contributed by atoms with Gasteiger partial charge in [0.15, 0.2) is 11.5 Å². The Hall–Kier alpha value is -5.16. The van der Waals surface area contributed by atoms with Crippen LogP contribution >= 0.6 is 0 Å². The number of para-hydroxylation sites is 1. The molecule has 1 N–H and O–H groups in total. The third-order valence-corrected chi connectivity index (χ3v) is 8.59. The van der Waals surface area contributed by atoms with E-state index in [9.17, 15) is 14.4 Å². The zero-order valence-electron chi connectivity index (χ0n) is 26.6. The van der Waals surface area contributed by atoms with Crippen molar-refractivity contribution < 1.29 is 28.6 Å². The van der Waals surface area contributed by atoms with Gasteiger partial charge in [-0.2, -0.15) is 5.10 Å². The average Bonchev–Trinajstić information content (AvgIpc) is 3.64. The van der Waals surface area contributed by atoms with Crippen LogP contribution in [0.4, 0.5) is 0 Å². The molecular weight excluding hydrogens is 598 g/mol. The van der Waals surface area contributed by atoms with Crippen LogP contribution in [0.5, 0.6) is 17.2 Å². The lowest BCUT2D eigenvalue weighted by Crippen LogP contribution is -2.57. The maximum Gasteiger partial charge on any atom is 0.256 e. The van der Waals surface area contributed by atoms with Crippen molar-refractivity contribution >= 4 is 17.7 Å². The summed E-state index contributed by atoms with van der Waals surface area (Å²) in [7, 11) is 1.59. The molecule has 3 heterocycles. The number of amides is 3. The number of fused-ring (bicyclic) bond motifs is 5. The number of carbonyl (C=O) groups is 3. The number of benzene rings is 3. The molecule has 1 fully saturated rings. The zero-order valence-corrected chi connectivity index (χ0v) is 26.6. The third kappa shape index (κ3) is 7.47. The molecule has 11 heteroatoms. The Morgan fingerprint density at radius 1 is 1.02 bits per heavy atom. The lowest BCUT2D eigenvalue weighted by atomic mass is 10.00. The highest BCUT2D eigenvalue weighted by Crippen LogP contribution is 2.33. The molecule has 1 aromatic heterocycles. The molecule has 0 radical (unpaired) electrons. The van der Waals surface area contributed by atoms with Gasteiger partial charge in [-0.1, -0.05) is 30.3 Å². The summed E-state index contributed by atoms with van der Waals surface area (Å²) in [5, 5.41) is 7.44. The van der Waals surface area contributed by atoms with E-state index in [1.807, 2.05) is 73.7 Å². The SMILES string of the molecule is CCN1CC(=O)N[C@H]2CCN(C(=O)c3ccccc3-n3cccn3)C[C@@H]2OCc2cccc(c2)Oc2cc(ccc2OC)CCC1=O. The molecule has 2 atom stereocenters. The van der Waals surface area contributed by atoms with Crippen LogP contribution < -0.4 is 14.8 Å². The second-order valence-corrected chi connectivity index (χ2v) is 11.7. The summed E-state index contributed by atoms with van der Waals surface area (Å²) in [5.41, 5.74) is 3.01. The highest BCUT2D eigenvalue weighted by atomic mass is 16.5. The first kappa shape index (κ1) is 31.8. The van der Waals surface area contributed by atoms with E-state index in [2.05, 4.69) is 10.4 Å². The van der Waals surface area contributed by atoms with Crippen molar-refractivity contribution in [2.75, 3.05) is 33.3 Å². The minimum Gasteiger partial charge on any atom is -0.493 e. The number of hydrogen-bond donors (Lipinski definition) is 1. The molecule has 0 unspecified atom stereocenters. The lowest BCUT2D eigenvalue weighted by Gasteiger charge is -2.39. The summed E-state index contributed by atoms with van der Waals surface area (Å²) < 4.78 is 20.0. The van der Waals surface area contributed by atoms with E-state index in [1.165, 1.54) is 0 Å². The number of nitrogens with zero attached hydrogens (tertiary/aromatic N) is 4. The van der Waals surface area contributed by atoms with Gasteiger partial charge < -0.3 is 29.3 Å². The van der Waals surface area contributed by atoms with E-state index >= 15 is 0 Å². The number of aromatic nitrogens is 2. The van der Waals surface area contributed by atoms with Crippen LogP contribution in [0, 0.1) is 0 Å². The summed E-state index contributed by atoms with van der Waals surface area (Å²) in [5.74, 6) is 1.21. The van der Waals surface area contributed by atoms with Crippen molar-refractivity contribution in [1.82, 2.24) is 24.9 Å². The molecular formula is C36H39N5O6. The quantitative estimate of drug-likeness (QED) is 0.353. The largest absolute Gasteiger partial charge is 0.493 e. The molecule has 0 saturated carbocycles. The number of ether oxygens (including phenoxy) is 3. The van der Waals surface area contributed by atoms with E-state index in [0.29, 0.717) is 54.4 Å². The summed E-state index contributed by atoms with van der Waals surface area (Å²) in [6.45, 7) is 3.14. The summed E-state index contributed by atoms with van der Waals surface area (Å²) in [6.07, 6.45) is 4.20. The van der Waals surface area contributed by atoms with E-state index < -0.39 is 6.10 Å². The number of hydrogen-bond acceptors (Lipinski definition) is 7. The van der Waals surface area contributed by atoms with Gasteiger partial charge in [0.25, 0.3) is 5.91 Å². The Morgan fingerprint density at radius 3 is 2.70 bits per heavy atom. The first-order valence-corrected chi connectivity index (χ1v) is 15.9. The molecule has 3 aromatic carbocycles. The van der Waals surface area contributed by atoms with Gasteiger partial charge in [-0.25, -0.2) is 4.68 Å². The summed E-state index contributed by atoms with van der Waals surface area (Å²) in [4.78, 5) is 43.7. The van der Waals surface area contributed by atoms with Gasteiger partial charge in [-0.05, 0) is 73.4 Å². The molecule has 2 aliphatic heterocycles. The zero-order chi connectivity index (χ0) is 32.8. The standard InChI is InChI=1S/C36H39N5O6/c1-3-39-23-34(42)38-29-16-19-40(36(44)28-10-4-5-11-30(28)41-18-7-17-37-41)22-33(29)46-24-26-8-6-9-27(20-26)47-32-21-25(13-15-35(39)43)12-14-31(32)45-2/h4-12,14,17-18,20-21,29,33H,3,13,15-16,19,22-24H2,1-2H3,(H,38,42)/t29-,33-/m0/s1. The van der Waals surface area contributed by atoms with Crippen molar-refractivity contribution in [1.29, 1.82) is 0 Å².